The van der Waals surface area contributed by atoms with E-state index in [-0.39, 0.29) is 11.4 Å². The normalized spacial score (nSPS) is 16.3. The van der Waals surface area contributed by atoms with Gasteiger partial charge in [0.15, 0.2) is 0 Å². The Morgan fingerprint density at radius 3 is 2.27 bits per heavy atom. The van der Waals surface area contributed by atoms with Gasteiger partial charge in [-0.15, -0.1) is 0 Å². The van der Waals surface area contributed by atoms with Crippen LogP contribution >= 0.6 is 0 Å². The molecule has 0 aliphatic carbocycles. The number of carbonyl (C=O) groups is 2. The van der Waals surface area contributed by atoms with E-state index in [9.17, 15) is 9.59 Å². The molecule has 1 aromatic rings. The third kappa shape index (κ3) is 4.05. The van der Waals surface area contributed by atoms with Crippen LogP contribution in [0.3, 0.4) is 0 Å². The maximum atomic E-state index is 12.2. The Balaban J connectivity index is 1.92. The highest BCUT2D eigenvalue weighted by molar-refractivity contribution is 5.97. The molecule has 22 heavy (non-hydrogen) atoms. The molecular formula is C16H23N3O3. The standard InChI is InChI=1S/C16H23N3O3/c1-16(2,19-7-9-22-10-8-19)11-18-15(21)13-5-3-12(4-6-13)14(17)20/h3-6H,7-11H2,1-2H3,(H2,17,20)(H,18,21). The Bertz CT molecular complexity index is 534. The molecule has 0 aromatic heterocycles. The summed E-state index contributed by atoms with van der Waals surface area (Å²) in [7, 11) is 0. The van der Waals surface area contributed by atoms with Crippen molar-refractivity contribution >= 4 is 11.8 Å². The van der Waals surface area contributed by atoms with E-state index in [4.69, 9.17) is 10.5 Å². The summed E-state index contributed by atoms with van der Waals surface area (Å²) in [5, 5.41) is 2.95. The van der Waals surface area contributed by atoms with Crippen LogP contribution in [-0.2, 0) is 4.74 Å². The lowest BCUT2D eigenvalue weighted by molar-refractivity contribution is -0.00923. The molecule has 1 aliphatic rings. The summed E-state index contributed by atoms with van der Waals surface area (Å²) in [6, 6.07) is 6.34. The lowest BCUT2D eigenvalue weighted by atomic mass is 10.0. The fraction of sp³-hybridized carbons (Fsp3) is 0.500. The van der Waals surface area contributed by atoms with Gasteiger partial charge in [0, 0.05) is 36.3 Å². The summed E-state index contributed by atoms with van der Waals surface area (Å²) in [4.78, 5) is 25.5. The zero-order chi connectivity index (χ0) is 16.2. The Hall–Kier alpha value is -1.92. The van der Waals surface area contributed by atoms with Gasteiger partial charge in [0.1, 0.15) is 0 Å². The van der Waals surface area contributed by atoms with Gasteiger partial charge in [0.25, 0.3) is 5.91 Å². The van der Waals surface area contributed by atoms with Crippen LogP contribution in [-0.4, -0.2) is 55.1 Å². The first-order chi connectivity index (χ1) is 10.4. The van der Waals surface area contributed by atoms with Crippen LogP contribution in [0.4, 0.5) is 0 Å². The van der Waals surface area contributed by atoms with E-state index < -0.39 is 5.91 Å². The Kier molecular flexibility index (Phi) is 5.15. The van der Waals surface area contributed by atoms with Crippen LogP contribution in [0.5, 0.6) is 0 Å². The second-order valence-electron chi connectivity index (χ2n) is 6.04. The van der Waals surface area contributed by atoms with Crippen LogP contribution < -0.4 is 11.1 Å². The van der Waals surface area contributed by atoms with Gasteiger partial charge in [0.2, 0.25) is 5.91 Å². The number of nitrogens with two attached hydrogens (primary N) is 1. The molecule has 0 unspecified atom stereocenters. The zero-order valence-electron chi connectivity index (χ0n) is 13.1. The van der Waals surface area contributed by atoms with Crippen LogP contribution in [0.25, 0.3) is 0 Å². The molecule has 0 bridgehead atoms. The number of rotatable bonds is 5. The first-order valence-electron chi connectivity index (χ1n) is 7.41. The molecule has 6 nitrogen and oxygen atoms in total. The van der Waals surface area contributed by atoms with Crippen LogP contribution in [0, 0.1) is 0 Å². The van der Waals surface area contributed by atoms with Crippen molar-refractivity contribution in [2.45, 2.75) is 19.4 Å². The number of amides is 2. The number of hydrogen-bond acceptors (Lipinski definition) is 4. The molecule has 120 valence electrons. The number of nitrogens with one attached hydrogen (secondary N) is 1. The van der Waals surface area contributed by atoms with Crippen molar-refractivity contribution in [3.05, 3.63) is 35.4 Å². The molecule has 2 rings (SSSR count). The first-order valence-corrected chi connectivity index (χ1v) is 7.41. The molecule has 0 atom stereocenters. The predicted molar refractivity (Wildman–Crippen MR) is 83.8 cm³/mol. The van der Waals surface area contributed by atoms with E-state index >= 15 is 0 Å². The monoisotopic (exact) mass is 305 g/mol. The summed E-state index contributed by atoms with van der Waals surface area (Å²) in [6.45, 7) is 7.96. The topological polar surface area (TPSA) is 84.7 Å². The van der Waals surface area contributed by atoms with E-state index in [1.165, 1.54) is 0 Å². The average molecular weight is 305 g/mol. The van der Waals surface area contributed by atoms with Crippen LogP contribution in [0.2, 0.25) is 0 Å². The number of primary amides is 1. The summed E-state index contributed by atoms with van der Waals surface area (Å²) in [5.41, 5.74) is 5.96. The summed E-state index contributed by atoms with van der Waals surface area (Å²) < 4.78 is 5.35. The fourth-order valence-corrected chi connectivity index (χ4v) is 2.46. The highest BCUT2D eigenvalue weighted by atomic mass is 16.5. The van der Waals surface area contributed by atoms with Gasteiger partial charge in [-0.1, -0.05) is 0 Å². The lowest BCUT2D eigenvalue weighted by Crippen LogP contribution is -2.55. The number of nitrogens with zero attached hydrogens (tertiary/aromatic N) is 1. The van der Waals surface area contributed by atoms with Gasteiger partial charge < -0.3 is 15.8 Å². The Morgan fingerprint density at radius 2 is 1.73 bits per heavy atom. The maximum absolute atomic E-state index is 12.2. The minimum absolute atomic E-state index is 0.132. The Labute approximate surface area is 130 Å². The fourth-order valence-electron chi connectivity index (χ4n) is 2.46. The van der Waals surface area contributed by atoms with Crippen molar-refractivity contribution in [3.63, 3.8) is 0 Å². The van der Waals surface area contributed by atoms with E-state index in [1.54, 1.807) is 24.3 Å². The van der Waals surface area contributed by atoms with Gasteiger partial charge in [-0.05, 0) is 38.1 Å². The second-order valence-corrected chi connectivity index (χ2v) is 6.04. The minimum Gasteiger partial charge on any atom is -0.379 e. The largest absolute Gasteiger partial charge is 0.379 e. The molecule has 3 N–H and O–H groups in total. The maximum Gasteiger partial charge on any atom is 0.251 e. The summed E-state index contributed by atoms with van der Waals surface area (Å²) in [6.07, 6.45) is 0. The van der Waals surface area contributed by atoms with Gasteiger partial charge >= 0.3 is 0 Å². The summed E-state index contributed by atoms with van der Waals surface area (Å²) in [5.74, 6) is -0.655. The van der Waals surface area contributed by atoms with Gasteiger partial charge in [0.05, 0.1) is 13.2 Å². The van der Waals surface area contributed by atoms with E-state index in [2.05, 4.69) is 24.1 Å². The molecule has 0 saturated carbocycles. The highest BCUT2D eigenvalue weighted by Crippen LogP contribution is 2.15. The molecule has 1 aromatic carbocycles. The third-order valence-corrected chi connectivity index (χ3v) is 3.98. The quantitative estimate of drug-likeness (QED) is 0.835. The van der Waals surface area contributed by atoms with E-state index in [0.29, 0.717) is 17.7 Å². The zero-order valence-corrected chi connectivity index (χ0v) is 13.1. The molecule has 0 spiro atoms. The van der Waals surface area contributed by atoms with E-state index in [0.717, 1.165) is 26.3 Å². The second kappa shape index (κ2) is 6.89. The molecular weight excluding hydrogens is 282 g/mol. The van der Waals surface area contributed by atoms with Crippen molar-refractivity contribution in [3.8, 4) is 0 Å². The molecule has 0 radical (unpaired) electrons. The van der Waals surface area contributed by atoms with Crippen molar-refractivity contribution in [2.24, 2.45) is 5.73 Å². The molecule has 1 aliphatic heterocycles. The molecule has 1 fully saturated rings. The third-order valence-electron chi connectivity index (χ3n) is 3.98. The molecule has 1 saturated heterocycles. The number of hydrogen-bond donors (Lipinski definition) is 2. The van der Waals surface area contributed by atoms with Crippen LogP contribution in [0.15, 0.2) is 24.3 Å². The van der Waals surface area contributed by atoms with Crippen molar-refractivity contribution < 1.29 is 14.3 Å². The number of ether oxygens (including phenoxy) is 1. The minimum atomic E-state index is -0.500. The van der Waals surface area contributed by atoms with Gasteiger partial charge in [-0.3, -0.25) is 14.5 Å². The first kappa shape index (κ1) is 16.5. The molecule has 6 heteroatoms. The van der Waals surface area contributed by atoms with Gasteiger partial charge in [-0.2, -0.15) is 0 Å². The SMILES string of the molecule is CC(C)(CNC(=O)c1ccc(C(N)=O)cc1)N1CCOCC1. The van der Waals surface area contributed by atoms with Gasteiger partial charge in [-0.25, -0.2) is 0 Å². The highest BCUT2D eigenvalue weighted by Gasteiger charge is 2.28. The van der Waals surface area contributed by atoms with Crippen LogP contribution in [0.1, 0.15) is 34.6 Å². The molecule has 1 heterocycles. The predicted octanol–water partition coefficient (Wildman–Crippen LogP) is 0.626. The van der Waals surface area contributed by atoms with E-state index in [1.807, 2.05) is 0 Å². The average Bonchev–Trinajstić information content (AvgIpc) is 2.53. The number of carbonyl (C=O) groups excluding carboxylic acids is 2. The lowest BCUT2D eigenvalue weighted by Gasteiger charge is -2.40. The summed E-state index contributed by atoms with van der Waals surface area (Å²) >= 11 is 0. The molecule has 2 amide bonds. The number of benzene rings is 1. The Morgan fingerprint density at radius 1 is 1.18 bits per heavy atom. The van der Waals surface area contributed by atoms with Crippen molar-refractivity contribution in [1.29, 1.82) is 0 Å². The van der Waals surface area contributed by atoms with Crippen molar-refractivity contribution in [1.82, 2.24) is 10.2 Å². The number of morpholine rings is 1. The van der Waals surface area contributed by atoms with Crippen molar-refractivity contribution in [2.75, 3.05) is 32.8 Å². The smallest absolute Gasteiger partial charge is 0.251 e.